The van der Waals surface area contributed by atoms with E-state index in [1.165, 1.54) is 0 Å². The first-order valence-electron chi connectivity index (χ1n) is 2.00. The van der Waals surface area contributed by atoms with Crippen LogP contribution in [-0.2, 0) is 67.0 Å². The summed E-state index contributed by atoms with van der Waals surface area (Å²) in [5.41, 5.74) is 0. The molecular weight excluding hydrogens is 871 g/mol. The Morgan fingerprint density at radius 2 is 0.471 bits per heavy atom. The van der Waals surface area contributed by atoms with Crippen molar-refractivity contribution in [3.63, 3.8) is 0 Å². The minimum Gasteiger partial charge on any atom is 0 e. The number of rotatable bonds is 0. The quantitative estimate of drug-likeness (QED) is 0.206. The molecule has 17 heavy (non-hydrogen) atoms. The van der Waals surface area contributed by atoms with Crippen LogP contribution in [0.25, 0.3) is 0 Å². The Bertz CT molecular complexity index is 343. The van der Waals surface area contributed by atoms with Crippen LogP contribution in [0.3, 0.4) is 0 Å². The van der Waals surface area contributed by atoms with E-state index in [2.05, 4.69) is 0 Å². The van der Waals surface area contributed by atoms with Gasteiger partial charge in [0, 0.05) is 21.1 Å². The topological polar surface area (TPSA) is 241 Å². The molecule has 0 rings (SSSR count). The van der Waals surface area contributed by atoms with E-state index in [-0.39, 0.29) is 48.4 Å². The van der Waals surface area contributed by atoms with Gasteiger partial charge in [-0.2, -0.15) is 0 Å². The van der Waals surface area contributed by atoms with Gasteiger partial charge in [-0.1, -0.05) is 0 Å². The fourth-order valence-corrected chi connectivity index (χ4v) is 0. The maximum Gasteiger partial charge on any atom is 2.00 e. The van der Waals surface area contributed by atoms with Gasteiger partial charge in [0.25, 0.3) is 0 Å². The predicted molar refractivity (Wildman–Crippen MR) is 21.4 cm³/mol. The minimum atomic E-state index is -6.02. The fraction of sp³-hybridized carbons (Fsp3) is 0. The molecule has 0 atom stereocenters. The summed E-state index contributed by atoms with van der Waals surface area (Å²) < 4.78 is 104. The maximum atomic E-state index is 8.63. The van der Waals surface area contributed by atoms with Crippen molar-refractivity contribution < 1.29 is 87.8 Å². The van der Waals surface area contributed by atoms with Gasteiger partial charge in [-0.05, 0) is 0 Å². The standard InChI is InChI=1S/Cd.3H2O4Te.W/c;3*1-5(2,3)4;/h;3*(H2,1,2,3,4);/q+2;;;;/p-6. The Morgan fingerprint density at radius 1 is 0.471 bits per heavy atom. The third-order valence-corrected chi connectivity index (χ3v) is 0. The van der Waals surface area contributed by atoms with Crippen LogP contribution in [0.15, 0.2) is 0 Å². The Hall–Kier alpha value is 2.54. The van der Waals surface area contributed by atoms with Gasteiger partial charge >= 0.3 is 124 Å². The SMILES string of the molecule is O=[Te](=O)([O-])[O-].O=[Te](=O)([O-])[O-].O=[Te](=O)([O-])[O-].[Cd+2].[W]. The largest absolute Gasteiger partial charge is 2.00 e. The van der Waals surface area contributed by atoms with Gasteiger partial charge in [0.15, 0.2) is 0 Å². The molecule has 102 valence electrons. The van der Waals surface area contributed by atoms with E-state index in [0.29, 0.717) is 0 Å². The van der Waals surface area contributed by atoms with Gasteiger partial charge in [-0.15, -0.1) is 0 Å². The molecule has 0 aliphatic heterocycles. The van der Waals surface area contributed by atoms with Crippen molar-refractivity contribution in [3.8, 4) is 0 Å². The van der Waals surface area contributed by atoms with Crippen LogP contribution in [0.4, 0.5) is 0 Å². The molecule has 0 unspecified atom stereocenters. The molecule has 0 heterocycles. The van der Waals surface area contributed by atoms with Crippen molar-refractivity contribution in [2.75, 3.05) is 0 Å². The summed E-state index contributed by atoms with van der Waals surface area (Å²) in [7, 11) is 0. The fourth-order valence-electron chi connectivity index (χ4n) is 0. The molecule has 12 nitrogen and oxygen atoms in total. The molecule has 0 aliphatic carbocycles. The molecule has 17 heteroatoms. The zero-order valence-electron chi connectivity index (χ0n) is 7.24. The first kappa shape index (κ1) is 31.8. The second-order valence-electron chi connectivity index (χ2n) is 1.22. The molecule has 0 fully saturated rings. The monoisotopic (exact) mass is 880 g/mol. The summed E-state index contributed by atoms with van der Waals surface area (Å²) in [4.78, 5) is 0. The van der Waals surface area contributed by atoms with Crippen molar-refractivity contribution >= 4 is 56.9 Å². The van der Waals surface area contributed by atoms with Crippen LogP contribution < -0.4 is 20.8 Å². The minimum absolute atomic E-state index is 0. The Labute approximate surface area is 142 Å². The van der Waals surface area contributed by atoms with Gasteiger partial charge < -0.3 is 0 Å². The zero-order chi connectivity index (χ0) is 13.5. The average Bonchev–Trinajstić information content (AvgIpc) is 1.41. The molecule has 0 saturated carbocycles. The van der Waals surface area contributed by atoms with Crippen LogP contribution >= 0.6 is 0 Å². The smallest absolute Gasteiger partial charge is 0 e. The first-order valence-corrected chi connectivity index (χ1v) is 13.4. The van der Waals surface area contributed by atoms with Crippen molar-refractivity contribution in [2.45, 2.75) is 0 Å². The van der Waals surface area contributed by atoms with Crippen LogP contribution in [0, 0.1) is 0 Å². The van der Waals surface area contributed by atoms with E-state index in [9.17, 15) is 0 Å². The van der Waals surface area contributed by atoms with Gasteiger partial charge in [0.05, 0.1) is 0 Å². The predicted octanol–water partition coefficient (Wildman–Crippen LogP) is -8.99. The molecule has 0 saturated heterocycles. The van der Waals surface area contributed by atoms with Crippen LogP contribution in [0.5, 0.6) is 0 Å². The molecular formula is CdO12Te3W-4. The summed E-state index contributed by atoms with van der Waals surface area (Å²) in [6.45, 7) is 0. The van der Waals surface area contributed by atoms with E-state index in [1.54, 1.807) is 0 Å². The molecule has 0 aromatic rings. The van der Waals surface area contributed by atoms with E-state index in [4.69, 9.17) is 39.5 Å². The molecule has 0 N–H and O–H groups in total. The molecule has 0 aromatic carbocycles. The van der Waals surface area contributed by atoms with Gasteiger partial charge in [-0.3, -0.25) is 0 Å². The van der Waals surface area contributed by atoms with Crippen LogP contribution in [0.1, 0.15) is 0 Å². The van der Waals surface area contributed by atoms with Gasteiger partial charge in [0.2, 0.25) is 0 Å². The summed E-state index contributed by atoms with van der Waals surface area (Å²) in [5.74, 6) is 0. The number of hydrogen-bond donors (Lipinski definition) is 0. The Morgan fingerprint density at radius 3 is 0.471 bits per heavy atom. The Kier molecular flexibility index (Phi) is 25.3. The van der Waals surface area contributed by atoms with Crippen molar-refractivity contribution in [2.24, 2.45) is 0 Å². The molecule has 0 amide bonds. The van der Waals surface area contributed by atoms with E-state index in [0.717, 1.165) is 0 Å². The Balaban J connectivity index is -0.0000000400. The molecule has 0 aliphatic rings. The molecule has 0 aromatic heterocycles. The second kappa shape index (κ2) is 13.5. The zero-order valence-corrected chi connectivity index (χ0v) is 21.2. The van der Waals surface area contributed by atoms with Gasteiger partial charge in [0.1, 0.15) is 0 Å². The van der Waals surface area contributed by atoms with E-state index < -0.39 is 56.9 Å². The van der Waals surface area contributed by atoms with Gasteiger partial charge in [-0.25, -0.2) is 0 Å². The molecule has 0 spiro atoms. The average molecular weight is 871 g/mol. The maximum absolute atomic E-state index is 8.63. The molecule has 0 radical (unpaired) electrons. The van der Waals surface area contributed by atoms with Crippen LogP contribution in [-0.4, -0.2) is 56.9 Å². The normalized spacial score (nSPS) is 10.2. The summed E-state index contributed by atoms with van der Waals surface area (Å²) in [6, 6.07) is 0. The van der Waals surface area contributed by atoms with Crippen molar-refractivity contribution in [1.29, 1.82) is 0 Å². The molecule has 0 bridgehead atoms. The summed E-state index contributed by atoms with van der Waals surface area (Å²) in [6.07, 6.45) is 0. The van der Waals surface area contributed by atoms with E-state index >= 15 is 0 Å². The van der Waals surface area contributed by atoms with Crippen molar-refractivity contribution in [3.05, 3.63) is 0 Å². The third-order valence-electron chi connectivity index (χ3n) is 0. The van der Waals surface area contributed by atoms with Crippen LogP contribution in [0.2, 0.25) is 0 Å². The van der Waals surface area contributed by atoms with Crippen molar-refractivity contribution in [1.82, 2.24) is 0 Å². The number of hydrogen-bond acceptors (Lipinski definition) is 12. The first-order chi connectivity index (χ1) is 6.00. The van der Waals surface area contributed by atoms with E-state index in [1.807, 2.05) is 0 Å². The third kappa shape index (κ3) is 787. The summed E-state index contributed by atoms with van der Waals surface area (Å²) in [5, 5.41) is 0. The summed E-state index contributed by atoms with van der Waals surface area (Å²) >= 11 is -18.1. The second-order valence-corrected chi connectivity index (χ2v) is 8.22.